The number of nitrogens with zero attached hydrogens (tertiary/aromatic N) is 3. The highest BCUT2D eigenvalue weighted by atomic mass is 16.5. The number of anilines is 3. The fourth-order valence-corrected chi connectivity index (χ4v) is 2.62. The number of ether oxygens (including phenoxy) is 1. The molecule has 29 heavy (non-hydrogen) atoms. The van der Waals surface area contributed by atoms with Crippen LogP contribution in [0, 0.1) is 18.3 Å². The van der Waals surface area contributed by atoms with Gasteiger partial charge in [0.1, 0.15) is 11.8 Å². The Kier molecular flexibility index (Phi) is 5.80. The smallest absolute Gasteiger partial charge is 0.339 e. The van der Waals surface area contributed by atoms with Gasteiger partial charge in [-0.25, -0.2) is 14.8 Å². The van der Waals surface area contributed by atoms with Crippen LogP contribution < -0.4 is 10.6 Å². The Morgan fingerprint density at radius 1 is 1.03 bits per heavy atom. The van der Waals surface area contributed by atoms with E-state index in [9.17, 15) is 14.9 Å². The number of carbonyl (C=O) groups excluding carboxylic acids is 2. The number of esters is 1. The van der Waals surface area contributed by atoms with Crippen LogP contribution in [0.15, 0.2) is 54.6 Å². The van der Waals surface area contributed by atoms with E-state index in [0.717, 1.165) is 0 Å². The van der Waals surface area contributed by atoms with Crippen LogP contribution in [0.2, 0.25) is 0 Å². The minimum atomic E-state index is -0.508. The lowest BCUT2D eigenvalue weighted by atomic mass is 10.2. The largest absolute Gasteiger partial charge is 0.465 e. The van der Waals surface area contributed by atoms with E-state index in [1.807, 2.05) is 6.07 Å². The summed E-state index contributed by atoms with van der Waals surface area (Å²) in [5.74, 6) is -0.839. The van der Waals surface area contributed by atoms with Crippen LogP contribution in [0.3, 0.4) is 0 Å². The fraction of sp³-hybridized carbons (Fsp3) is 0.0952. The van der Waals surface area contributed by atoms with Crippen molar-refractivity contribution >= 4 is 29.2 Å². The SMILES string of the molecule is COC(=O)c1ccccc1Nc1nc(C)cc(C(=O)Nc2ccccc2C#N)n1. The van der Waals surface area contributed by atoms with Gasteiger partial charge in [-0.15, -0.1) is 0 Å². The molecule has 0 unspecified atom stereocenters. The molecule has 0 atom stereocenters. The molecule has 0 aliphatic rings. The quantitative estimate of drug-likeness (QED) is 0.644. The van der Waals surface area contributed by atoms with Crippen LogP contribution in [0.4, 0.5) is 17.3 Å². The van der Waals surface area contributed by atoms with Gasteiger partial charge in [0.05, 0.1) is 29.6 Å². The van der Waals surface area contributed by atoms with Gasteiger partial charge >= 0.3 is 5.97 Å². The monoisotopic (exact) mass is 387 g/mol. The first-order valence-corrected chi connectivity index (χ1v) is 8.62. The second kappa shape index (κ2) is 8.63. The second-order valence-electron chi connectivity index (χ2n) is 5.99. The molecule has 1 amide bonds. The molecule has 3 rings (SSSR count). The maximum absolute atomic E-state index is 12.6. The highest BCUT2D eigenvalue weighted by molar-refractivity contribution is 6.04. The average Bonchev–Trinajstić information content (AvgIpc) is 2.73. The molecule has 1 heterocycles. The summed E-state index contributed by atoms with van der Waals surface area (Å²) < 4.78 is 4.78. The Hall–Kier alpha value is -4.25. The summed E-state index contributed by atoms with van der Waals surface area (Å²) in [7, 11) is 1.30. The molecule has 0 fully saturated rings. The van der Waals surface area contributed by atoms with Crippen molar-refractivity contribution < 1.29 is 14.3 Å². The molecule has 0 saturated heterocycles. The average molecular weight is 387 g/mol. The third-order valence-corrected chi connectivity index (χ3v) is 3.96. The molecule has 8 nitrogen and oxygen atoms in total. The number of rotatable bonds is 5. The summed E-state index contributed by atoms with van der Waals surface area (Å²) in [6, 6.07) is 17.0. The lowest BCUT2D eigenvalue weighted by Crippen LogP contribution is -2.16. The van der Waals surface area contributed by atoms with Gasteiger partial charge < -0.3 is 15.4 Å². The molecule has 0 aliphatic carbocycles. The van der Waals surface area contributed by atoms with E-state index in [1.165, 1.54) is 13.2 Å². The van der Waals surface area contributed by atoms with Gasteiger partial charge in [0.15, 0.2) is 0 Å². The van der Waals surface area contributed by atoms with Gasteiger partial charge in [0, 0.05) is 5.69 Å². The Labute approximate surface area is 167 Å². The van der Waals surface area contributed by atoms with E-state index in [1.54, 1.807) is 55.5 Å². The number of hydrogen-bond donors (Lipinski definition) is 2. The Bertz CT molecular complexity index is 1120. The van der Waals surface area contributed by atoms with Crippen LogP contribution in [0.1, 0.15) is 32.1 Å². The summed E-state index contributed by atoms with van der Waals surface area (Å²) in [6.07, 6.45) is 0. The van der Waals surface area contributed by atoms with Gasteiger partial charge in [-0.2, -0.15) is 5.26 Å². The van der Waals surface area contributed by atoms with Crippen molar-refractivity contribution in [3.63, 3.8) is 0 Å². The summed E-state index contributed by atoms with van der Waals surface area (Å²) in [4.78, 5) is 33.1. The molecule has 0 saturated carbocycles. The summed E-state index contributed by atoms with van der Waals surface area (Å²) in [5.41, 5.74) is 2.17. The lowest BCUT2D eigenvalue weighted by molar-refractivity contribution is 0.0601. The van der Waals surface area contributed by atoms with Gasteiger partial charge in [0.25, 0.3) is 5.91 Å². The predicted molar refractivity (Wildman–Crippen MR) is 107 cm³/mol. The van der Waals surface area contributed by atoms with Crippen LogP contribution >= 0.6 is 0 Å². The molecule has 0 radical (unpaired) electrons. The summed E-state index contributed by atoms with van der Waals surface area (Å²) >= 11 is 0. The standard InChI is InChI=1S/C21H17N5O3/c1-13-11-18(19(27)24-16-9-5-3-7-14(16)12-22)26-21(23-13)25-17-10-6-4-8-15(17)20(28)29-2/h3-11H,1-2H3,(H,24,27)(H,23,25,26). The van der Waals surface area contributed by atoms with Crippen molar-refractivity contribution in [3.05, 3.63) is 77.1 Å². The van der Waals surface area contributed by atoms with Crippen molar-refractivity contribution in [3.8, 4) is 6.07 Å². The van der Waals surface area contributed by atoms with Crippen molar-refractivity contribution in [2.24, 2.45) is 0 Å². The molecule has 144 valence electrons. The van der Waals surface area contributed by atoms with Crippen molar-refractivity contribution in [2.75, 3.05) is 17.7 Å². The number of aryl methyl sites for hydroxylation is 1. The van der Waals surface area contributed by atoms with Gasteiger partial charge in [-0.1, -0.05) is 24.3 Å². The molecule has 1 aromatic heterocycles. The highest BCUT2D eigenvalue weighted by Gasteiger charge is 2.15. The third kappa shape index (κ3) is 4.54. The molecule has 2 N–H and O–H groups in total. The first-order chi connectivity index (χ1) is 14.0. The highest BCUT2D eigenvalue weighted by Crippen LogP contribution is 2.20. The van der Waals surface area contributed by atoms with Crippen molar-refractivity contribution in [1.82, 2.24) is 9.97 Å². The maximum Gasteiger partial charge on any atom is 0.339 e. The first kappa shape index (κ1) is 19.5. The molecule has 0 bridgehead atoms. The number of benzene rings is 2. The number of hydrogen-bond acceptors (Lipinski definition) is 7. The van der Waals surface area contributed by atoms with E-state index in [-0.39, 0.29) is 11.6 Å². The number of aromatic nitrogens is 2. The van der Waals surface area contributed by atoms with Crippen LogP contribution in [0.25, 0.3) is 0 Å². The minimum Gasteiger partial charge on any atom is -0.465 e. The summed E-state index contributed by atoms with van der Waals surface area (Å²) in [5, 5.41) is 14.8. The zero-order chi connectivity index (χ0) is 20.8. The molecule has 3 aromatic rings. The zero-order valence-corrected chi connectivity index (χ0v) is 15.8. The number of para-hydroxylation sites is 2. The van der Waals surface area contributed by atoms with Crippen molar-refractivity contribution in [1.29, 1.82) is 5.26 Å². The summed E-state index contributed by atoms with van der Waals surface area (Å²) in [6.45, 7) is 1.72. The van der Waals surface area contributed by atoms with Crippen LogP contribution in [0.5, 0.6) is 0 Å². The fourth-order valence-electron chi connectivity index (χ4n) is 2.62. The van der Waals surface area contributed by atoms with Gasteiger partial charge in [-0.05, 0) is 37.3 Å². The second-order valence-corrected chi connectivity index (χ2v) is 5.99. The number of carbonyl (C=O) groups is 2. The topological polar surface area (TPSA) is 117 Å². The molecule has 8 heteroatoms. The first-order valence-electron chi connectivity index (χ1n) is 8.62. The maximum atomic E-state index is 12.6. The van der Waals surface area contributed by atoms with E-state index in [2.05, 4.69) is 20.6 Å². The Morgan fingerprint density at radius 3 is 2.45 bits per heavy atom. The Morgan fingerprint density at radius 2 is 1.72 bits per heavy atom. The number of nitriles is 1. The third-order valence-electron chi connectivity index (χ3n) is 3.96. The number of amides is 1. The Balaban J connectivity index is 1.88. The molecule has 0 spiro atoms. The van der Waals surface area contributed by atoms with E-state index >= 15 is 0 Å². The van der Waals surface area contributed by atoms with E-state index < -0.39 is 11.9 Å². The van der Waals surface area contributed by atoms with Gasteiger partial charge in [0.2, 0.25) is 5.95 Å². The molecule has 2 aromatic carbocycles. The number of nitrogens with one attached hydrogen (secondary N) is 2. The number of methoxy groups -OCH3 is 1. The van der Waals surface area contributed by atoms with Crippen LogP contribution in [-0.4, -0.2) is 29.0 Å². The van der Waals surface area contributed by atoms with Crippen molar-refractivity contribution in [2.45, 2.75) is 6.92 Å². The predicted octanol–water partition coefficient (Wildman–Crippen LogP) is 3.44. The molecule has 0 aliphatic heterocycles. The van der Waals surface area contributed by atoms with Gasteiger partial charge in [-0.3, -0.25) is 4.79 Å². The normalized spacial score (nSPS) is 9.97. The van der Waals surface area contributed by atoms with E-state index in [0.29, 0.717) is 28.2 Å². The molecular weight excluding hydrogens is 370 g/mol. The molecular formula is C21H17N5O3. The van der Waals surface area contributed by atoms with Crippen LogP contribution in [-0.2, 0) is 4.74 Å². The van der Waals surface area contributed by atoms with E-state index in [4.69, 9.17) is 4.74 Å². The minimum absolute atomic E-state index is 0.114. The lowest BCUT2D eigenvalue weighted by Gasteiger charge is -2.11. The zero-order valence-electron chi connectivity index (χ0n) is 15.8.